The largest absolute Gasteiger partial charge is 0.403 e. The van der Waals surface area contributed by atoms with Gasteiger partial charge in [0.1, 0.15) is 4.60 Å². The predicted molar refractivity (Wildman–Crippen MR) is 129 cm³/mol. The lowest BCUT2D eigenvalue weighted by Crippen LogP contribution is -2.15. The van der Waals surface area contributed by atoms with Crippen LogP contribution in [0.5, 0.6) is 0 Å². The Morgan fingerprint density at radius 2 is 2.09 bits per heavy atom. The number of aromatic nitrogens is 5. The van der Waals surface area contributed by atoms with E-state index in [9.17, 15) is 4.79 Å². The third kappa shape index (κ3) is 4.71. The Morgan fingerprint density at radius 3 is 2.76 bits per heavy atom. The lowest BCUT2D eigenvalue weighted by molar-refractivity contribution is 0.102. The van der Waals surface area contributed by atoms with E-state index in [1.54, 1.807) is 49.5 Å². The van der Waals surface area contributed by atoms with E-state index >= 15 is 0 Å². The maximum atomic E-state index is 13.2. The van der Waals surface area contributed by atoms with Crippen LogP contribution in [0.3, 0.4) is 0 Å². The third-order valence-electron chi connectivity index (χ3n) is 4.54. The van der Waals surface area contributed by atoms with Gasteiger partial charge in [-0.15, -0.1) is 5.10 Å². The number of anilines is 2. The van der Waals surface area contributed by atoms with Crippen LogP contribution in [0.15, 0.2) is 45.7 Å². The number of pyridine rings is 1. The fourth-order valence-corrected chi connectivity index (χ4v) is 3.89. The average molecular weight is 552 g/mol. The number of nitrogens with zero attached hydrogens (tertiary/aromatic N) is 6. The molecule has 0 unspecified atom stereocenters. The number of hydrogen-bond acceptors (Lipinski definition) is 8. The van der Waals surface area contributed by atoms with Gasteiger partial charge in [-0.3, -0.25) is 4.79 Å². The summed E-state index contributed by atoms with van der Waals surface area (Å²) in [6.07, 6.45) is 3.10. The highest BCUT2D eigenvalue weighted by Gasteiger charge is 2.23. The summed E-state index contributed by atoms with van der Waals surface area (Å²) < 4.78 is 7.43. The summed E-state index contributed by atoms with van der Waals surface area (Å²) in [6.45, 7) is 0.113. The molecule has 33 heavy (non-hydrogen) atoms. The van der Waals surface area contributed by atoms with Gasteiger partial charge in [0.2, 0.25) is 0 Å². The number of benzene rings is 1. The fraction of sp³-hybridized carbons (Fsp3) is 0.150. The topological polar surface area (TPSA) is 128 Å². The zero-order chi connectivity index (χ0) is 23.7. The van der Waals surface area contributed by atoms with E-state index in [-0.39, 0.29) is 18.0 Å². The maximum absolute atomic E-state index is 13.2. The van der Waals surface area contributed by atoms with E-state index in [0.717, 1.165) is 0 Å². The molecule has 0 saturated heterocycles. The Bertz CT molecular complexity index is 1340. The van der Waals surface area contributed by atoms with Gasteiger partial charge >= 0.3 is 6.01 Å². The Kier molecular flexibility index (Phi) is 6.66. The van der Waals surface area contributed by atoms with E-state index in [4.69, 9.17) is 33.4 Å². The highest BCUT2D eigenvalue weighted by molar-refractivity contribution is 9.10. The van der Waals surface area contributed by atoms with Gasteiger partial charge in [0.15, 0.2) is 5.82 Å². The highest BCUT2D eigenvalue weighted by atomic mass is 79.9. The highest BCUT2D eigenvalue weighted by Crippen LogP contribution is 2.35. The molecule has 0 fully saturated rings. The molecule has 4 rings (SSSR count). The molecule has 0 bridgehead atoms. The smallest absolute Gasteiger partial charge is 0.317 e. The molecule has 3 N–H and O–H groups in total. The zero-order valence-corrected chi connectivity index (χ0v) is 20.5. The Labute approximate surface area is 206 Å². The van der Waals surface area contributed by atoms with Crippen molar-refractivity contribution in [1.29, 1.82) is 0 Å². The molecular weight excluding hydrogens is 535 g/mol. The molecule has 0 radical (unpaired) electrons. The van der Waals surface area contributed by atoms with Crippen LogP contribution in [0.4, 0.5) is 11.7 Å². The van der Waals surface area contributed by atoms with Gasteiger partial charge < -0.3 is 20.4 Å². The summed E-state index contributed by atoms with van der Waals surface area (Å²) in [7, 11) is 3.54. The molecule has 0 aliphatic rings. The van der Waals surface area contributed by atoms with Crippen LogP contribution in [0.2, 0.25) is 10.0 Å². The molecule has 13 heteroatoms. The minimum atomic E-state index is -0.453. The predicted octanol–water partition coefficient (Wildman–Crippen LogP) is 4.16. The number of amides is 1. The number of carbonyl (C=O) groups is 1. The molecule has 1 aromatic carbocycles. The quantitative estimate of drug-likeness (QED) is 0.365. The lowest BCUT2D eigenvalue weighted by atomic mass is 10.1. The van der Waals surface area contributed by atoms with Gasteiger partial charge in [-0.1, -0.05) is 28.3 Å². The van der Waals surface area contributed by atoms with Crippen molar-refractivity contribution >= 4 is 56.7 Å². The van der Waals surface area contributed by atoms with E-state index in [1.807, 2.05) is 0 Å². The van der Waals surface area contributed by atoms with Gasteiger partial charge in [-0.2, -0.15) is 5.10 Å². The molecule has 0 atom stereocenters. The number of halogens is 3. The van der Waals surface area contributed by atoms with Crippen molar-refractivity contribution in [2.24, 2.45) is 5.73 Å². The van der Waals surface area contributed by atoms with Gasteiger partial charge in [0.05, 0.1) is 21.8 Å². The minimum Gasteiger partial charge on any atom is -0.403 e. The number of carbonyl (C=O) groups excluding carboxylic acids is 1. The van der Waals surface area contributed by atoms with Crippen molar-refractivity contribution in [3.63, 3.8) is 0 Å². The second-order valence-electron chi connectivity index (χ2n) is 7.02. The summed E-state index contributed by atoms with van der Waals surface area (Å²) in [5.74, 6) is 0.114. The van der Waals surface area contributed by atoms with Crippen molar-refractivity contribution < 1.29 is 9.21 Å². The van der Waals surface area contributed by atoms with Crippen LogP contribution in [0.25, 0.3) is 17.3 Å². The number of nitrogens with one attached hydrogen (secondary N) is 1. The molecule has 4 aromatic rings. The normalized spacial score (nSPS) is 11.0. The summed E-state index contributed by atoms with van der Waals surface area (Å²) in [5.41, 5.74) is 7.60. The van der Waals surface area contributed by atoms with E-state index in [0.29, 0.717) is 43.3 Å². The first-order valence-corrected chi connectivity index (χ1v) is 11.0. The molecule has 3 heterocycles. The van der Waals surface area contributed by atoms with Crippen molar-refractivity contribution in [2.75, 3.05) is 24.3 Å². The fourth-order valence-electron chi connectivity index (χ4n) is 2.99. The number of nitrogens with two attached hydrogens (primary N) is 1. The Morgan fingerprint density at radius 1 is 1.30 bits per heavy atom. The number of hydrogen-bond donors (Lipinski definition) is 2. The molecular formula is C20H17BrCl2N8O2. The van der Waals surface area contributed by atoms with Crippen LogP contribution in [0, 0.1) is 0 Å². The van der Waals surface area contributed by atoms with Crippen molar-refractivity contribution in [2.45, 2.75) is 6.54 Å². The van der Waals surface area contributed by atoms with Gasteiger partial charge in [-0.25, -0.2) is 9.67 Å². The summed E-state index contributed by atoms with van der Waals surface area (Å²) in [5, 5.41) is 16.0. The van der Waals surface area contributed by atoms with E-state index < -0.39 is 5.91 Å². The second-order valence-corrected chi connectivity index (χ2v) is 8.61. The van der Waals surface area contributed by atoms with Crippen LogP contribution < -0.4 is 16.0 Å². The van der Waals surface area contributed by atoms with Crippen LogP contribution in [0.1, 0.15) is 15.9 Å². The zero-order valence-electron chi connectivity index (χ0n) is 17.4. The first-order chi connectivity index (χ1) is 15.8. The first kappa shape index (κ1) is 23.2. The molecule has 0 saturated carbocycles. The van der Waals surface area contributed by atoms with Gasteiger partial charge in [0, 0.05) is 38.1 Å². The Balaban J connectivity index is 1.73. The van der Waals surface area contributed by atoms with Crippen LogP contribution >= 0.6 is 39.1 Å². The second kappa shape index (κ2) is 9.48. The van der Waals surface area contributed by atoms with Gasteiger partial charge in [-0.05, 0) is 45.8 Å². The SMILES string of the molecule is CN(C)c1nnc(-c2cc(Cl)cc(CN)c2NC(=O)c2cn(-c3ncccc3Cl)nc2Br)o1. The van der Waals surface area contributed by atoms with Crippen molar-refractivity contribution in [3.05, 3.63) is 62.4 Å². The molecule has 3 aromatic heterocycles. The van der Waals surface area contributed by atoms with Crippen LogP contribution in [-0.2, 0) is 6.54 Å². The monoisotopic (exact) mass is 550 g/mol. The first-order valence-electron chi connectivity index (χ1n) is 9.49. The lowest BCUT2D eigenvalue weighted by Gasteiger charge is -2.14. The summed E-state index contributed by atoms with van der Waals surface area (Å²) in [4.78, 5) is 19.1. The molecule has 0 spiro atoms. The summed E-state index contributed by atoms with van der Waals surface area (Å²) in [6, 6.07) is 6.96. The average Bonchev–Trinajstić information content (AvgIpc) is 3.42. The number of rotatable bonds is 6. The van der Waals surface area contributed by atoms with Crippen molar-refractivity contribution in [3.8, 4) is 17.3 Å². The standard InChI is InChI=1S/C20H17BrCl2N8O2/c1-30(2)20-28-27-19(33-20)12-7-11(22)6-10(8-24)15(12)26-18(32)13-9-31(29-16(13)21)17-14(23)4-3-5-25-17/h3-7,9H,8,24H2,1-2H3,(H,26,32). The van der Waals surface area contributed by atoms with E-state index in [1.165, 1.54) is 10.9 Å². The molecule has 0 aliphatic heterocycles. The maximum Gasteiger partial charge on any atom is 0.317 e. The summed E-state index contributed by atoms with van der Waals surface area (Å²) >= 11 is 15.8. The minimum absolute atomic E-state index is 0.113. The molecule has 0 aliphatic carbocycles. The van der Waals surface area contributed by atoms with Crippen LogP contribution in [-0.4, -0.2) is 45.0 Å². The molecule has 170 valence electrons. The van der Waals surface area contributed by atoms with E-state index in [2.05, 4.69) is 41.5 Å². The third-order valence-corrected chi connectivity index (χ3v) is 5.64. The van der Waals surface area contributed by atoms with Crippen molar-refractivity contribution in [1.82, 2.24) is 25.0 Å². The van der Waals surface area contributed by atoms with Gasteiger partial charge in [0.25, 0.3) is 11.8 Å². The Hall–Kier alpha value is -2.99. The molecule has 10 nitrogen and oxygen atoms in total. The molecule has 1 amide bonds.